The van der Waals surface area contributed by atoms with E-state index in [1.165, 1.54) is 0 Å². The van der Waals surface area contributed by atoms with Crippen LogP contribution in [0.2, 0.25) is 5.02 Å². The summed E-state index contributed by atoms with van der Waals surface area (Å²) >= 11 is 9.32. The number of carbonyl (C=O) groups is 1. The normalized spacial score (nSPS) is 11.2. The van der Waals surface area contributed by atoms with E-state index in [0.717, 1.165) is 21.6 Å². The van der Waals surface area contributed by atoms with E-state index in [4.69, 9.17) is 16.3 Å². The average molecular weight is 381 g/mol. The molecule has 2 aromatic rings. The third-order valence-corrected chi connectivity index (χ3v) is 4.20. The van der Waals surface area contributed by atoms with Gasteiger partial charge in [0.25, 0.3) is 0 Å². The smallest absolute Gasteiger partial charge is 0.187 e. The van der Waals surface area contributed by atoms with E-state index in [-0.39, 0.29) is 5.78 Å². The zero-order valence-corrected chi connectivity index (χ0v) is 14.5. The maximum absolute atomic E-state index is 12.2. The molecule has 0 aromatic heterocycles. The zero-order valence-electron chi connectivity index (χ0n) is 12.2. The third-order valence-electron chi connectivity index (χ3n) is 2.98. The van der Waals surface area contributed by atoms with Gasteiger partial charge in [0.2, 0.25) is 0 Å². The number of benzene rings is 2. The van der Waals surface area contributed by atoms with Crippen molar-refractivity contribution in [1.29, 1.82) is 0 Å². The second-order valence-electron chi connectivity index (χ2n) is 4.67. The maximum atomic E-state index is 12.2. The fraction of sp³-hybridized carbons (Fsp3) is 0.118. The van der Waals surface area contributed by atoms with Crippen LogP contribution in [-0.2, 0) is 0 Å². The highest BCUT2D eigenvalue weighted by Crippen LogP contribution is 2.26. The second-order valence-corrected chi connectivity index (χ2v) is 5.94. The summed E-state index contributed by atoms with van der Waals surface area (Å²) in [5, 5.41) is 3.80. The Morgan fingerprint density at radius 1 is 1.23 bits per heavy atom. The zero-order chi connectivity index (χ0) is 16.1. The summed E-state index contributed by atoms with van der Waals surface area (Å²) in [4.78, 5) is 12.2. The fourth-order valence-corrected chi connectivity index (χ4v) is 2.37. The first-order chi connectivity index (χ1) is 10.5. The Bertz CT molecular complexity index is 711. The molecular formula is C17H15BrClNO2. The van der Waals surface area contributed by atoms with E-state index in [2.05, 4.69) is 21.2 Å². The van der Waals surface area contributed by atoms with E-state index >= 15 is 0 Å². The van der Waals surface area contributed by atoms with E-state index in [1.807, 2.05) is 19.1 Å². The molecule has 2 rings (SSSR count). The van der Waals surface area contributed by atoms with Gasteiger partial charge in [-0.05, 0) is 65.3 Å². The Morgan fingerprint density at radius 2 is 1.91 bits per heavy atom. The first kappa shape index (κ1) is 16.6. The summed E-state index contributed by atoms with van der Waals surface area (Å²) in [7, 11) is 1.59. The number of ether oxygens (including phenoxy) is 1. The van der Waals surface area contributed by atoms with Crippen LogP contribution in [0.5, 0.6) is 5.75 Å². The number of ketones is 1. The Hall–Kier alpha value is -1.78. The van der Waals surface area contributed by atoms with Crippen LogP contribution in [0.3, 0.4) is 0 Å². The molecule has 22 heavy (non-hydrogen) atoms. The van der Waals surface area contributed by atoms with Gasteiger partial charge in [0.05, 0.1) is 12.1 Å². The van der Waals surface area contributed by atoms with Crippen LogP contribution in [0, 0.1) is 0 Å². The Kier molecular flexibility index (Phi) is 5.63. The molecule has 0 spiro atoms. The number of hydrogen-bond acceptors (Lipinski definition) is 3. The summed E-state index contributed by atoms with van der Waals surface area (Å²) in [5.41, 5.74) is 2.21. The number of methoxy groups -OCH3 is 1. The standard InChI is InChI=1S/C17H15BrClNO2/c1-11(20-13-5-8-16(19)15(18)10-13)9-17(21)12-3-6-14(22-2)7-4-12/h3-10,20H,1-2H3/b11-9+. The Balaban J connectivity index is 2.09. The van der Waals surface area contributed by atoms with Crippen LogP contribution in [0.4, 0.5) is 5.69 Å². The van der Waals surface area contributed by atoms with Gasteiger partial charge in [0.15, 0.2) is 5.78 Å². The van der Waals surface area contributed by atoms with Crippen molar-refractivity contribution in [3.8, 4) is 5.75 Å². The number of carbonyl (C=O) groups excluding carboxylic acids is 1. The summed E-state index contributed by atoms with van der Waals surface area (Å²) in [6, 6.07) is 12.5. The van der Waals surface area contributed by atoms with E-state index in [0.29, 0.717) is 10.6 Å². The van der Waals surface area contributed by atoms with Gasteiger partial charge in [0.1, 0.15) is 5.75 Å². The summed E-state index contributed by atoms with van der Waals surface area (Å²) in [5.74, 6) is 0.655. The van der Waals surface area contributed by atoms with Gasteiger partial charge in [0, 0.05) is 27.5 Å². The highest BCUT2D eigenvalue weighted by Gasteiger charge is 2.04. The van der Waals surface area contributed by atoms with Gasteiger partial charge >= 0.3 is 0 Å². The van der Waals surface area contributed by atoms with Crippen LogP contribution in [0.15, 0.2) is 58.7 Å². The average Bonchev–Trinajstić information content (AvgIpc) is 2.51. The second kappa shape index (κ2) is 7.47. The molecule has 0 aliphatic rings. The highest BCUT2D eigenvalue weighted by molar-refractivity contribution is 9.10. The summed E-state index contributed by atoms with van der Waals surface area (Å²) in [6.07, 6.45) is 1.56. The number of halogens is 2. The number of hydrogen-bond donors (Lipinski definition) is 1. The number of rotatable bonds is 5. The SMILES string of the molecule is COc1ccc(C(=O)/C=C(\C)Nc2ccc(Cl)c(Br)c2)cc1. The molecule has 5 heteroatoms. The lowest BCUT2D eigenvalue weighted by molar-refractivity contribution is 0.104. The lowest BCUT2D eigenvalue weighted by Gasteiger charge is -2.08. The van der Waals surface area contributed by atoms with Crippen LogP contribution in [0.25, 0.3) is 0 Å². The van der Waals surface area contributed by atoms with E-state index < -0.39 is 0 Å². The minimum atomic E-state index is -0.0688. The Morgan fingerprint density at radius 3 is 2.50 bits per heavy atom. The predicted molar refractivity (Wildman–Crippen MR) is 93.9 cm³/mol. The number of nitrogens with one attached hydrogen (secondary N) is 1. The molecule has 0 amide bonds. The quantitative estimate of drug-likeness (QED) is 0.564. The monoisotopic (exact) mass is 379 g/mol. The molecule has 114 valence electrons. The van der Waals surface area contributed by atoms with Crippen molar-refractivity contribution in [2.75, 3.05) is 12.4 Å². The minimum Gasteiger partial charge on any atom is -0.497 e. The van der Waals surface area contributed by atoms with Gasteiger partial charge in [-0.25, -0.2) is 0 Å². The molecule has 2 aromatic carbocycles. The van der Waals surface area contributed by atoms with Gasteiger partial charge in [-0.3, -0.25) is 4.79 Å². The van der Waals surface area contributed by atoms with Crippen molar-refractivity contribution in [2.24, 2.45) is 0 Å². The molecule has 0 radical (unpaired) electrons. The molecule has 0 saturated carbocycles. The molecule has 0 fully saturated rings. The van der Waals surface area contributed by atoms with Crippen LogP contribution < -0.4 is 10.1 Å². The van der Waals surface area contributed by atoms with E-state index in [9.17, 15) is 4.79 Å². The van der Waals surface area contributed by atoms with Crippen molar-refractivity contribution in [3.05, 3.63) is 69.3 Å². The molecular weight excluding hydrogens is 366 g/mol. The lowest BCUT2D eigenvalue weighted by atomic mass is 10.1. The van der Waals surface area contributed by atoms with Crippen molar-refractivity contribution in [2.45, 2.75) is 6.92 Å². The largest absolute Gasteiger partial charge is 0.497 e. The van der Waals surface area contributed by atoms with Crippen molar-refractivity contribution in [3.63, 3.8) is 0 Å². The molecule has 0 heterocycles. The third kappa shape index (κ3) is 4.36. The summed E-state index contributed by atoms with van der Waals surface area (Å²) in [6.45, 7) is 1.84. The molecule has 0 saturated heterocycles. The molecule has 0 aliphatic heterocycles. The van der Waals surface area contributed by atoms with Crippen LogP contribution in [-0.4, -0.2) is 12.9 Å². The number of anilines is 1. The predicted octanol–water partition coefficient (Wildman–Crippen LogP) is 5.31. The topological polar surface area (TPSA) is 38.3 Å². The maximum Gasteiger partial charge on any atom is 0.187 e. The van der Waals surface area contributed by atoms with Crippen molar-refractivity contribution >= 4 is 39.0 Å². The highest BCUT2D eigenvalue weighted by atomic mass is 79.9. The molecule has 0 unspecified atom stereocenters. The van der Waals surface area contributed by atoms with Crippen molar-refractivity contribution in [1.82, 2.24) is 0 Å². The Labute approximate surface area is 143 Å². The summed E-state index contributed by atoms with van der Waals surface area (Å²) < 4.78 is 5.88. The molecule has 0 atom stereocenters. The number of allylic oxidation sites excluding steroid dienone is 2. The first-order valence-electron chi connectivity index (χ1n) is 6.58. The molecule has 0 bridgehead atoms. The fourth-order valence-electron chi connectivity index (χ4n) is 1.87. The van der Waals surface area contributed by atoms with Crippen molar-refractivity contribution < 1.29 is 9.53 Å². The molecule has 1 N–H and O–H groups in total. The molecule has 0 aliphatic carbocycles. The van der Waals surface area contributed by atoms with Gasteiger partial charge in [-0.1, -0.05) is 11.6 Å². The van der Waals surface area contributed by atoms with Crippen LogP contribution >= 0.6 is 27.5 Å². The lowest BCUT2D eigenvalue weighted by Crippen LogP contribution is -2.01. The van der Waals surface area contributed by atoms with Gasteiger partial charge in [-0.15, -0.1) is 0 Å². The minimum absolute atomic E-state index is 0.0688. The van der Waals surface area contributed by atoms with Gasteiger partial charge < -0.3 is 10.1 Å². The van der Waals surface area contributed by atoms with E-state index in [1.54, 1.807) is 43.5 Å². The molecule has 3 nitrogen and oxygen atoms in total. The van der Waals surface area contributed by atoms with Crippen LogP contribution in [0.1, 0.15) is 17.3 Å². The first-order valence-corrected chi connectivity index (χ1v) is 7.75. The van der Waals surface area contributed by atoms with Gasteiger partial charge in [-0.2, -0.15) is 0 Å².